The number of carboxylic acid groups (broad SMARTS) is 1. The van der Waals surface area contributed by atoms with Crippen molar-refractivity contribution in [2.75, 3.05) is 18.1 Å². The van der Waals surface area contributed by atoms with Crippen LogP contribution < -0.4 is 5.32 Å². The van der Waals surface area contributed by atoms with Crippen molar-refractivity contribution in [3.8, 4) is 0 Å². The largest absolute Gasteiger partial charge is 0.481 e. The van der Waals surface area contributed by atoms with Gasteiger partial charge in [0.1, 0.15) is 0 Å². The lowest BCUT2D eigenvalue weighted by Crippen LogP contribution is -2.28. The lowest BCUT2D eigenvalue weighted by Gasteiger charge is -2.20. The van der Waals surface area contributed by atoms with E-state index in [-0.39, 0.29) is 18.9 Å². The highest BCUT2D eigenvalue weighted by molar-refractivity contribution is 7.99. The van der Waals surface area contributed by atoms with Gasteiger partial charge in [-0.25, -0.2) is 0 Å². The summed E-state index contributed by atoms with van der Waals surface area (Å²) in [7, 11) is 0. The summed E-state index contributed by atoms with van der Waals surface area (Å²) in [5.74, 6) is 1.91. The van der Waals surface area contributed by atoms with Crippen molar-refractivity contribution < 1.29 is 14.7 Å². The van der Waals surface area contributed by atoms with Crippen molar-refractivity contribution in [3.05, 3.63) is 0 Å². The van der Waals surface area contributed by atoms with Gasteiger partial charge in [-0.2, -0.15) is 11.8 Å². The van der Waals surface area contributed by atoms with Crippen LogP contribution >= 0.6 is 11.8 Å². The van der Waals surface area contributed by atoms with E-state index in [4.69, 9.17) is 5.11 Å². The van der Waals surface area contributed by atoms with Crippen LogP contribution in [-0.2, 0) is 9.59 Å². The van der Waals surface area contributed by atoms with Gasteiger partial charge in [0.15, 0.2) is 0 Å². The number of nitrogens with one attached hydrogen (secondary N) is 1. The average molecular weight is 231 g/mol. The molecule has 0 bridgehead atoms. The third kappa shape index (κ3) is 5.67. The number of rotatable bonds is 5. The van der Waals surface area contributed by atoms with E-state index in [1.807, 2.05) is 11.8 Å². The predicted octanol–water partition coefficient (Wildman–Crippen LogP) is 1.11. The Hall–Kier alpha value is -0.710. The van der Waals surface area contributed by atoms with Crippen molar-refractivity contribution in [1.82, 2.24) is 5.32 Å². The molecule has 86 valence electrons. The fraction of sp³-hybridized carbons (Fsp3) is 0.800. The molecular formula is C10H17NO3S. The maximum atomic E-state index is 11.4. The van der Waals surface area contributed by atoms with Crippen LogP contribution in [0, 0.1) is 5.92 Å². The molecule has 0 saturated carbocycles. The Bertz CT molecular complexity index is 227. The Kier molecular flexibility index (Phi) is 5.53. The Morgan fingerprint density at radius 1 is 1.33 bits per heavy atom. The molecule has 4 nitrogen and oxygen atoms in total. The number of carbonyl (C=O) groups is 2. The van der Waals surface area contributed by atoms with Crippen LogP contribution in [0.1, 0.15) is 25.7 Å². The van der Waals surface area contributed by atoms with Crippen LogP contribution in [0.5, 0.6) is 0 Å². The lowest BCUT2D eigenvalue weighted by molar-refractivity contribution is -0.136. The van der Waals surface area contributed by atoms with E-state index in [2.05, 4.69) is 5.32 Å². The number of aliphatic carboxylic acids is 1. The standard InChI is InChI=1S/C10H17NO3S/c12-9(11-4-1-10(13)14)7-8-2-5-15-6-3-8/h8H,1-7H2,(H,11,12)(H,13,14). The minimum atomic E-state index is -0.871. The minimum Gasteiger partial charge on any atom is -0.481 e. The summed E-state index contributed by atoms with van der Waals surface area (Å²) in [6.07, 6.45) is 2.78. The normalized spacial score (nSPS) is 17.3. The molecule has 1 fully saturated rings. The van der Waals surface area contributed by atoms with Crippen LogP contribution in [-0.4, -0.2) is 35.0 Å². The molecule has 0 unspecified atom stereocenters. The molecule has 1 saturated heterocycles. The Morgan fingerprint density at radius 3 is 2.60 bits per heavy atom. The summed E-state index contributed by atoms with van der Waals surface area (Å²) in [5, 5.41) is 11.0. The van der Waals surface area contributed by atoms with E-state index in [0.717, 1.165) is 24.3 Å². The molecule has 1 heterocycles. The topological polar surface area (TPSA) is 66.4 Å². The van der Waals surface area contributed by atoms with Gasteiger partial charge in [-0.1, -0.05) is 0 Å². The number of thioether (sulfide) groups is 1. The third-order valence-electron chi connectivity index (χ3n) is 2.48. The molecule has 0 aromatic rings. The van der Waals surface area contributed by atoms with Crippen molar-refractivity contribution in [2.45, 2.75) is 25.7 Å². The zero-order chi connectivity index (χ0) is 11.1. The molecule has 2 N–H and O–H groups in total. The maximum Gasteiger partial charge on any atom is 0.305 e. The molecule has 1 amide bonds. The average Bonchev–Trinajstić information content (AvgIpc) is 2.18. The molecule has 1 aliphatic rings. The van der Waals surface area contributed by atoms with Gasteiger partial charge in [0.25, 0.3) is 0 Å². The molecule has 0 aromatic carbocycles. The molecule has 0 spiro atoms. The second kappa shape index (κ2) is 6.71. The molecule has 15 heavy (non-hydrogen) atoms. The Labute approximate surface area is 93.8 Å². The summed E-state index contributed by atoms with van der Waals surface area (Å²) >= 11 is 1.94. The molecular weight excluding hydrogens is 214 g/mol. The molecule has 0 aromatic heterocycles. The highest BCUT2D eigenvalue weighted by atomic mass is 32.2. The Balaban J connectivity index is 2.09. The molecule has 0 aliphatic carbocycles. The van der Waals surface area contributed by atoms with Gasteiger partial charge in [0.05, 0.1) is 6.42 Å². The SMILES string of the molecule is O=C(O)CCNC(=O)CC1CCSCC1. The monoisotopic (exact) mass is 231 g/mol. The first-order valence-electron chi connectivity index (χ1n) is 5.24. The van der Waals surface area contributed by atoms with E-state index < -0.39 is 5.97 Å². The van der Waals surface area contributed by atoms with Crippen molar-refractivity contribution in [1.29, 1.82) is 0 Å². The quantitative estimate of drug-likeness (QED) is 0.744. The first-order valence-corrected chi connectivity index (χ1v) is 6.40. The van der Waals surface area contributed by atoms with Crippen LogP contribution in [0.2, 0.25) is 0 Å². The zero-order valence-electron chi connectivity index (χ0n) is 8.70. The molecule has 5 heteroatoms. The van der Waals surface area contributed by atoms with Gasteiger partial charge < -0.3 is 10.4 Å². The number of hydrogen-bond donors (Lipinski definition) is 2. The molecule has 1 aliphatic heterocycles. The summed E-state index contributed by atoms with van der Waals surface area (Å²) < 4.78 is 0. The minimum absolute atomic E-state index is 0.00621. The van der Waals surface area contributed by atoms with Gasteiger partial charge in [-0.15, -0.1) is 0 Å². The number of carboxylic acids is 1. The first-order chi connectivity index (χ1) is 7.18. The lowest BCUT2D eigenvalue weighted by atomic mass is 9.98. The highest BCUT2D eigenvalue weighted by Crippen LogP contribution is 2.24. The summed E-state index contributed by atoms with van der Waals surface area (Å²) in [6.45, 7) is 0.246. The van der Waals surface area contributed by atoms with E-state index >= 15 is 0 Å². The van der Waals surface area contributed by atoms with E-state index in [9.17, 15) is 9.59 Å². The fourth-order valence-electron chi connectivity index (χ4n) is 1.59. The second-order valence-corrected chi connectivity index (χ2v) is 4.98. The summed E-state index contributed by atoms with van der Waals surface area (Å²) in [6, 6.07) is 0. The maximum absolute atomic E-state index is 11.4. The number of carbonyl (C=O) groups excluding carboxylic acids is 1. The van der Waals surface area contributed by atoms with Crippen molar-refractivity contribution in [2.24, 2.45) is 5.92 Å². The second-order valence-electron chi connectivity index (χ2n) is 3.75. The highest BCUT2D eigenvalue weighted by Gasteiger charge is 2.16. The van der Waals surface area contributed by atoms with Crippen LogP contribution in [0.4, 0.5) is 0 Å². The van der Waals surface area contributed by atoms with Crippen molar-refractivity contribution in [3.63, 3.8) is 0 Å². The van der Waals surface area contributed by atoms with E-state index in [1.54, 1.807) is 0 Å². The molecule has 1 rings (SSSR count). The summed E-state index contributed by atoms with van der Waals surface area (Å²) in [5.41, 5.74) is 0. The van der Waals surface area contributed by atoms with Gasteiger partial charge in [0, 0.05) is 13.0 Å². The van der Waals surface area contributed by atoms with Gasteiger partial charge in [-0.05, 0) is 30.3 Å². The summed E-state index contributed by atoms with van der Waals surface area (Å²) in [4.78, 5) is 21.6. The third-order valence-corrected chi connectivity index (χ3v) is 3.52. The smallest absolute Gasteiger partial charge is 0.305 e. The van der Waals surface area contributed by atoms with Crippen LogP contribution in [0.3, 0.4) is 0 Å². The van der Waals surface area contributed by atoms with E-state index in [1.165, 1.54) is 0 Å². The van der Waals surface area contributed by atoms with Crippen LogP contribution in [0.15, 0.2) is 0 Å². The fourth-order valence-corrected chi connectivity index (χ4v) is 2.80. The molecule has 0 radical (unpaired) electrons. The first kappa shape index (κ1) is 12.4. The zero-order valence-corrected chi connectivity index (χ0v) is 9.52. The number of amides is 1. The van der Waals surface area contributed by atoms with Crippen LogP contribution in [0.25, 0.3) is 0 Å². The van der Waals surface area contributed by atoms with Gasteiger partial charge >= 0.3 is 5.97 Å². The Morgan fingerprint density at radius 2 is 2.00 bits per heavy atom. The predicted molar refractivity (Wildman–Crippen MR) is 59.9 cm³/mol. The number of hydrogen-bond acceptors (Lipinski definition) is 3. The molecule has 0 atom stereocenters. The van der Waals surface area contributed by atoms with E-state index in [0.29, 0.717) is 12.3 Å². The van der Waals surface area contributed by atoms with Gasteiger partial charge in [-0.3, -0.25) is 9.59 Å². The van der Waals surface area contributed by atoms with Crippen molar-refractivity contribution >= 4 is 23.6 Å². The van der Waals surface area contributed by atoms with Gasteiger partial charge in [0.2, 0.25) is 5.91 Å².